The minimum absolute atomic E-state index is 0.0555. The summed E-state index contributed by atoms with van der Waals surface area (Å²) in [6.07, 6.45) is 0.435. The number of amides is 1. The van der Waals surface area contributed by atoms with Gasteiger partial charge in [0.25, 0.3) is 0 Å². The molecular formula is C16H18N4OS2. The van der Waals surface area contributed by atoms with Crippen LogP contribution in [0.3, 0.4) is 0 Å². The van der Waals surface area contributed by atoms with Gasteiger partial charge in [-0.15, -0.1) is 10.2 Å². The predicted octanol–water partition coefficient (Wildman–Crippen LogP) is 4.08. The topological polar surface area (TPSA) is 78.7 Å². The Morgan fingerprint density at radius 3 is 2.78 bits per heavy atom. The Morgan fingerprint density at radius 1 is 1.35 bits per heavy atom. The summed E-state index contributed by atoms with van der Waals surface area (Å²) < 4.78 is 0.767. The van der Waals surface area contributed by atoms with Gasteiger partial charge in [0.05, 0.1) is 11.6 Å². The fourth-order valence-corrected chi connectivity index (χ4v) is 3.63. The minimum atomic E-state index is -0.0621. The van der Waals surface area contributed by atoms with Crippen LogP contribution < -0.4 is 5.32 Å². The van der Waals surface area contributed by atoms with E-state index in [0.717, 1.165) is 9.90 Å². The molecule has 0 saturated heterocycles. The molecule has 23 heavy (non-hydrogen) atoms. The Morgan fingerprint density at radius 2 is 2.09 bits per heavy atom. The third-order valence-corrected chi connectivity index (χ3v) is 4.85. The van der Waals surface area contributed by atoms with Gasteiger partial charge in [-0.3, -0.25) is 4.79 Å². The third kappa shape index (κ3) is 5.66. The fourth-order valence-electron chi connectivity index (χ4n) is 1.86. The molecule has 0 aliphatic carbocycles. The van der Waals surface area contributed by atoms with E-state index in [-0.39, 0.29) is 11.3 Å². The molecule has 0 spiro atoms. The summed E-state index contributed by atoms with van der Waals surface area (Å²) in [7, 11) is 0. The van der Waals surface area contributed by atoms with Crippen molar-refractivity contribution in [3.05, 3.63) is 35.4 Å². The van der Waals surface area contributed by atoms with Crippen LogP contribution in [0.25, 0.3) is 0 Å². The molecule has 0 radical (unpaired) electrons. The first-order valence-corrected chi connectivity index (χ1v) is 8.92. The number of anilines is 1. The molecule has 1 heterocycles. The number of carbonyl (C=O) groups is 1. The quantitative estimate of drug-likeness (QED) is 0.652. The Balaban J connectivity index is 1.93. The maximum atomic E-state index is 11.9. The van der Waals surface area contributed by atoms with Crippen molar-refractivity contribution in [1.82, 2.24) is 10.2 Å². The summed E-state index contributed by atoms with van der Waals surface area (Å²) in [5.41, 5.74) is 1.57. The molecule has 2 rings (SSSR count). The van der Waals surface area contributed by atoms with Gasteiger partial charge < -0.3 is 5.32 Å². The molecule has 7 heteroatoms. The van der Waals surface area contributed by atoms with E-state index in [0.29, 0.717) is 22.9 Å². The van der Waals surface area contributed by atoms with Gasteiger partial charge >= 0.3 is 0 Å². The van der Waals surface area contributed by atoms with Crippen LogP contribution in [0, 0.1) is 16.7 Å². The van der Waals surface area contributed by atoms with Crippen LogP contribution in [0.2, 0.25) is 0 Å². The summed E-state index contributed by atoms with van der Waals surface area (Å²) in [4.78, 5) is 11.9. The van der Waals surface area contributed by atoms with Crippen molar-refractivity contribution in [3.63, 3.8) is 0 Å². The highest BCUT2D eigenvalue weighted by atomic mass is 32.2. The summed E-state index contributed by atoms with van der Waals surface area (Å²) in [5, 5.41) is 20.4. The first kappa shape index (κ1) is 17.4. The summed E-state index contributed by atoms with van der Waals surface area (Å²) in [5.74, 6) is 0.592. The number of hydrogen-bond acceptors (Lipinski definition) is 6. The second-order valence-electron chi connectivity index (χ2n) is 6.22. The largest absolute Gasteiger partial charge is 0.300 e. The predicted molar refractivity (Wildman–Crippen MR) is 93.3 cm³/mol. The molecule has 1 aromatic heterocycles. The molecule has 0 atom stereocenters. The van der Waals surface area contributed by atoms with Crippen LogP contribution in [0.15, 0.2) is 28.6 Å². The zero-order chi connectivity index (χ0) is 16.9. The Hall–Kier alpha value is -1.91. The Labute approximate surface area is 144 Å². The highest BCUT2D eigenvalue weighted by Gasteiger charge is 2.17. The van der Waals surface area contributed by atoms with E-state index < -0.39 is 0 Å². The minimum Gasteiger partial charge on any atom is -0.300 e. The number of rotatable bonds is 5. The highest BCUT2D eigenvalue weighted by Crippen LogP contribution is 2.29. The standard InChI is InChI=1S/C16H18N4OS2/c1-16(2,3)8-13(21)18-14-19-20-15(23-14)22-10-12-7-5-4-6-11(12)9-17/h4-7H,8,10H2,1-3H3,(H,18,19,21). The Kier molecular flexibility index (Phi) is 5.74. The van der Waals surface area contributed by atoms with Crippen molar-refractivity contribution in [3.8, 4) is 6.07 Å². The first-order valence-electron chi connectivity index (χ1n) is 7.11. The number of aromatic nitrogens is 2. The van der Waals surface area contributed by atoms with E-state index in [1.165, 1.54) is 23.1 Å². The number of nitrogens with zero attached hydrogens (tertiary/aromatic N) is 3. The molecule has 0 aliphatic rings. The second-order valence-corrected chi connectivity index (χ2v) is 8.42. The van der Waals surface area contributed by atoms with Crippen LogP contribution >= 0.6 is 23.1 Å². The zero-order valence-electron chi connectivity index (χ0n) is 13.3. The van der Waals surface area contributed by atoms with E-state index >= 15 is 0 Å². The molecule has 1 N–H and O–H groups in total. The zero-order valence-corrected chi connectivity index (χ0v) is 14.9. The first-order chi connectivity index (χ1) is 10.9. The number of hydrogen-bond donors (Lipinski definition) is 1. The van der Waals surface area contributed by atoms with Crippen LogP contribution in [0.5, 0.6) is 0 Å². The van der Waals surface area contributed by atoms with E-state index in [1.807, 2.05) is 39.0 Å². The van der Waals surface area contributed by atoms with Gasteiger partial charge in [-0.25, -0.2) is 0 Å². The summed E-state index contributed by atoms with van der Waals surface area (Å²) >= 11 is 2.85. The number of benzene rings is 1. The van der Waals surface area contributed by atoms with E-state index in [9.17, 15) is 4.79 Å². The maximum Gasteiger partial charge on any atom is 0.226 e. The van der Waals surface area contributed by atoms with Gasteiger partial charge in [-0.05, 0) is 17.0 Å². The van der Waals surface area contributed by atoms with Gasteiger partial charge in [-0.2, -0.15) is 5.26 Å². The maximum absolute atomic E-state index is 11.9. The average molecular weight is 346 g/mol. The molecule has 120 valence electrons. The molecule has 2 aromatic rings. The van der Waals surface area contributed by atoms with E-state index in [1.54, 1.807) is 6.07 Å². The molecule has 5 nitrogen and oxygen atoms in total. The summed E-state index contributed by atoms with van der Waals surface area (Å²) in [6, 6.07) is 9.67. The number of nitrogens with one attached hydrogen (secondary N) is 1. The van der Waals surface area contributed by atoms with Crippen LogP contribution in [-0.4, -0.2) is 16.1 Å². The van der Waals surface area contributed by atoms with Crippen LogP contribution in [0.4, 0.5) is 5.13 Å². The van der Waals surface area contributed by atoms with Crippen molar-refractivity contribution in [2.75, 3.05) is 5.32 Å². The number of thioether (sulfide) groups is 1. The van der Waals surface area contributed by atoms with Gasteiger partial charge in [0.2, 0.25) is 11.0 Å². The van der Waals surface area contributed by atoms with E-state index in [2.05, 4.69) is 21.6 Å². The molecule has 0 bridgehead atoms. The molecule has 0 fully saturated rings. The Bertz CT molecular complexity index is 728. The van der Waals surface area contributed by atoms with Crippen molar-refractivity contribution in [2.45, 2.75) is 37.3 Å². The van der Waals surface area contributed by atoms with Gasteiger partial charge in [0.15, 0.2) is 4.34 Å². The molecular weight excluding hydrogens is 328 g/mol. The lowest BCUT2D eigenvalue weighted by Crippen LogP contribution is -2.19. The summed E-state index contributed by atoms with van der Waals surface area (Å²) in [6.45, 7) is 6.04. The van der Waals surface area contributed by atoms with Gasteiger partial charge in [-0.1, -0.05) is 62.1 Å². The smallest absolute Gasteiger partial charge is 0.226 e. The van der Waals surface area contributed by atoms with Crippen LogP contribution in [-0.2, 0) is 10.5 Å². The fraction of sp³-hybridized carbons (Fsp3) is 0.375. The molecule has 0 aliphatic heterocycles. The SMILES string of the molecule is CC(C)(C)CC(=O)Nc1nnc(SCc2ccccc2C#N)s1. The molecule has 1 amide bonds. The van der Waals surface area contributed by atoms with Crippen molar-refractivity contribution in [1.29, 1.82) is 5.26 Å². The second kappa shape index (κ2) is 7.57. The lowest BCUT2D eigenvalue weighted by Gasteiger charge is -2.16. The lowest BCUT2D eigenvalue weighted by atomic mass is 9.92. The van der Waals surface area contributed by atoms with E-state index in [4.69, 9.17) is 5.26 Å². The van der Waals surface area contributed by atoms with Crippen LogP contribution in [0.1, 0.15) is 38.3 Å². The molecule has 0 saturated carbocycles. The average Bonchev–Trinajstić information content (AvgIpc) is 2.90. The van der Waals surface area contributed by atoms with Gasteiger partial charge in [0.1, 0.15) is 0 Å². The monoisotopic (exact) mass is 346 g/mol. The van der Waals surface area contributed by atoms with Crippen molar-refractivity contribution >= 4 is 34.1 Å². The van der Waals surface area contributed by atoms with Crippen molar-refractivity contribution in [2.24, 2.45) is 5.41 Å². The highest BCUT2D eigenvalue weighted by molar-refractivity contribution is 8.00. The third-order valence-electron chi connectivity index (χ3n) is 2.83. The number of nitriles is 1. The van der Waals surface area contributed by atoms with Crippen molar-refractivity contribution < 1.29 is 4.79 Å². The molecule has 1 aromatic carbocycles. The number of carbonyl (C=O) groups excluding carboxylic acids is 1. The van der Waals surface area contributed by atoms with Gasteiger partial charge in [0, 0.05) is 12.2 Å². The normalized spacial score (nSPS) is 11.0. The molecule has 0 unspecified atom stereocenters. The lowest BCUT2D eigenvalue weighted by molar-refractivity contribution is -0.117.